The first-order valence-corrected chi connectivity index (χ1v) is 8.54. The highest BCUT2D eigenvalue weighted by atomic mass is 16.1. The third-order valence-corrected chi connectivity index (χ3v) is 4.51. The second-order valence-corrected chi connectivity index (χ2v) is 6.29. The van der Waals surface area contributed by atoms with E-state index in [1.165, 1.54) is 0 Å². The summed E-state index contributed by atoms with van der Waals surface area (Å²) in [5.74, 6) is 1.06. The maximum absolute atomic E-state index is 12.3. The van der Waals surface area contributed by atoms with E-state index in [1.807, 2.05) is 12.1 Å². The van der Waals surface area contributed by atoms with Crippen molar-refractivity contribution in [3.8, 4) is 0 Å². The van der Waals surface area contributed by atoms with Gasteiger partial charge in [-0.3, -0.25) is 9.20 Å². The molecular formula is C17H25N5O. The molecule has 0 radical (unpaired) electrons. The molecule has 6 heteroatoms. The van der Waals surface area contributed by atoms with Crippen molar-refractivity contribution in [1.29, 1.82) is 0 Å². The van der Waals surface area contributed by atoms with E-state index >= 15 is 0 Å². The fourth-order valence-corrected chi connectivity index (χ4v) is 3.19. The van der Waals surface area contributed by atoms with Gasteiger partial charge in [-0.2, -0.15) is 0 Å². The van der Waals surface area contributed by atoms with E-state index in [2.05, 4.69) is 44.7 Å². The third kappa shape index (κ3) is 3.30. The van der Waals surface area contributed by atoms with Crippen molar-refractivity contribution >= 4 is 17.5 Å². The number of hydrogen-bond acceptors (Lipinski definition) is 4. The van der Waals surface area contributed by atoms with E-state index in [0.717, 1.165) is 56.1 Å². The maximum atomic E-state index is 12.3. The third-order valence-electron chi connectivity index (χ3n) is 4.51. The lowest BCUT2D eigenvalue weighted by molar-refractivity contribution is -0.125. The Morgan fingerprint density at radius 1 is 1.39 bits per heavy atom. The van der Waals surface area contributed by atoms with Gasteiger partial charge in [0.1, 0.15) is 0 Å². The maximum Gasteiger partial charge on any atom is 0.231 e. The standard InChI is InChI=1S/C17H25N5O/c1-3-4-10-18-16(23)14-8-6-11-21(12-14)17-20-19-15-9-5-7-13(2)22(15)17/h5,7,9,14H,3-4,6,8,10-12H2,1-2H3,(H,18,23)/t14-/m1/s1. The molecule has 3 rings (SSSR count). The molecule has 1 aliphatic rings. The highest BCUT2D eigenvalue weighted by Crippen LogP contribution is 2.23. The molecule has 1 saturated heterocycles. The van der Waals surface area contributed by atoms with Crippen molar-refractivity contribution < 1.29 is 4.79 Å². The summed E-state index contributed by atoms with van der Waals surface area (Å²) in [5, 5.41) is 11.7. The Bertz CT molecular complexity index is 681. The number of carbonyl (C=O) groups excluding carboxylic acids is 1. The molecule has 0 aromatic carbocycles. The van der Waals surface area contributed by atoms with Crippen molar-refractivity contribution in [2.75, 3.05) is 24.5 Å². The lowest BCUT2D eigenvalue weighted by atomic mass is 9.97. The molecule has 0 unspecified atom stereocenters. The Hall–Kier alpha value is -2.11. The number of aryl methyl sites for hydroxylation is 1. The van der Waals surface area contributed by atoms with Crippen molar-refractivity contribution in [3.63, 3.8) is 0 Å². The number of carbonyl (C=O) groups is 1. The highest BCUT2D eigenvalue weighted by Gasteiger charge is 2.28. The van der Waals surface area contributed by atoms with Crippen LogP contribution in [0, 0.1) is 12.8 Å². The van der Waals surface area contributed by atoms with E-state index in [9.17, 15) is 4.79 Å². The van der Waals surface area contributed by atoms with Gasteiger partial charge >= 0.3 is 0 Å². The fraction of sp³-hybridized carbons (Fsp3) is 0.588. The molecular weight excluding hydrogens is 290 g/mol. The van der Waals surface area contributed by atoms with Crippen LogP contribution in [-0.4, -0.2) is 40.1 Å². The number of hydrogen-bond donors (Lipinski definition) is 1. The summed E-state index contributed by atoms with van der Waals surface area (Å²) in [7, 11) is 0. The van der Waals surface area contributed by atoms with Crippen LogP contribution in [0.1, 0.15) is 38.3 Å². The van der Waals surface area contributed by atoms with E-state index in [1.54, 1.807) is 0 Å². The zero-order valence-corrected chi connectivity index (χ0v) is 14.0. The number of nitrogens with one attached hydrogen (secondary N) is 1. The molecule has 0 aliphatic carbocycles. The number of pyridine rings is 1. The number of piperidine rings is 1. The van der Waals surface area contributed by atoms with Gasteiger partial charge in [0.05, 0.1) is 5.92 Å². The van der Waals surface area contributed by atoms with Crippen molar-refractivity contribution in [2.45, 2.75) is 39.5 Å². The van der Waals surface area contributed by atoms with Crippen LogP contribution in [0.15, 0.2) is 18.2 Å². The number of nitrogens with zero attached hydrogens (tertiary/aromatic N) is 4. The van der Waals surface area contributed by atoms with Gasteiger partial charge in [0, 0.05) is 25.3 Å². The van der Waals surface area contributed by atoms with E-state index in [4.69, 9.17) is 0 Å². The van der Waals surface area contributed by atoms with E-state index in [0.29, 0.717) is 6.54 Å². The predicted molar refractivity (Wildman–Crippen MR) is 90.6 cm³/mol. The molecule has 1 amide bonds. The van der Waals surface area contributed by atoms with Gasteiger partial charge in [-0.25, -0.2) is 0 Å². The van der Waals surface area contributed by atoms with Gasteiger partial charge in [-0.1, -0.05) is 19.4 Å². The van der Waals surface area contributed by atoms with Crippen LogP contribution in [0.4, 0.5) is 5.95 Å². The van der Waals surface area contributed by atoms with Gasteiger partial charge in [0.2, 0.25) is 11.9 Å². The summed E-state index contributed by atoms with van der Waals surface area (Å²) >= 11 is 0. The molecule has 124 valence electrons. The number of rotatable bonds is 5. The molecule has 3 heterocycles. The quantitative estimate of drug-likeness (QED) is 0.859. The minimum absolute atomic E-state index is 0.0389. The largest absolute Gasteiger partial charge is 0.356 e. The van der Waals surface area contributed by atoms with Crippen LogP contribution in [0.25, 0.3) is 5.65 Å². The van der Waals surface area contributed by atoms with Gasteiger partial charge in [0.25, 0.3) is 0 Å². The molecule has 6 nitrogen and oxygen atoms in total. The zero-order valence-electron chi connectivity index (χ0n) is 14.0. The summed E-state index contributed by atoms with van der Waals surface area (Å²) in [6.07, 6.45) is 4.09. The molecule has 2 aromatic heterocycles. The smallest absolute Gasteiger partial charge is 0.231 e. The lowest BCUT2D eigenvalue weighted by Gasteiger charge is -2.32. The topological polar surface area (TPSA) is 62.5 Å². The van der Waals surface area contributed by atoms with Crippen molar-refractivity contribution in [2.24, 2.45) is 5.92 Å². The van der Waals surface area contributed by atoms with Crippen LogP contribution in [0.3, 0.4) is 0 Å². The van der Waals surface area contributed by atoms with Gasteiger partial charge in [0.15, 0.2) is 5.65 Å². The summed E-state index contributed by atoms with van der Waals surface area (Å²) in [4.78, 5) is 14.5. The van der Waals surface area contributed by atoms with Gasteiger partial charge < -0.3 is 10.2 Å². The molecule has 2 aromatic rings. The van der Waals surface area contributed by atoms with Gasteiger partial charge in [-0.15, -0.1) is 10.2 Å². The summed E-state index contributed by atoms with van der Waals surface area (Å²) in [6.45, 7) is 6.60. The minimum Gasteiger partial charge on any atom is -0.356 e. The van der Waals surface area contributed by atoms with Crippen LogP contribution in [-0.2, 0) is 4.79 Å². The Morgan fingerprint density at radius 2 is 2.26 bits per heavy atom. The van der Waals surface area contributed by atoms with E-state index < -0.39 is 0 Å². The number of fused-ring (bicyclic) bond motifs is 1. The molecule has 1 atom stereocenters. The Morgan fingerprint density at radius 3 is 3.09 bits per heavy atom. The average molecular weight is 315 g/mol. The second-order valence-electron chi connectivity index (χ2n) is 6.29. The summed E-state index contributed by atoms with van der Waals surface area (Å²) in [5.41, 5.74) is 1.96. The zero-order chi connectivity index (χ0) is 16.2. The first-order valence-electron chi connectivity index (χ1n) is 8.54. The molecule has 0 spiro atoms. The number of anilines is 1. The molecule has 1 N–H and O–H groups in total. The number of aromatic nitrogens is 3. The SMILES string of the molecule is CCCCNC(=O)[C@@H]1CCCN(c2nnc3cccc(C)n23)C1. The Balaban J connectivity index is 1.74. The van der Waals surface area contributed by atoms with Crippen LogP contribution < -0.4 is 10.2 Å². The molecule has 1 fully saturated rings. The molecule has 0 saturated carbocycles. The first-order chi connectivity index (χ1) is 11.2. The van der Waals surface area contributed by atoms with Crippen molar-refractivity contribution in [3.05, 3.63) is 23.9 Å². The first kappa shape index (κ1) is 15.8. The predicted octanol–water partition coefficient (Wildman–Crippen LogP) is 2.17. The number of amides is 1. The lowest BCUT2D eigenvalue weighted by Crippen LogP contribution is -2.44. The van der Waals surface area contributed by atoms with Crippen LogP contribution in [0.5, 0.6) is 0 Å². The molecule has 1 aliphatic heterocycles. The van der Waals surface area contributed by atoms with Crippen LogP contribution >= 0.6 is 0 Å². The molecule has 0 bridgehead atoms. The fourth-order valence-electron chi connectivity index (χ4n) is 3.19. The van der Waals surface area contributed by atoms with Gasteiger partial charge in [-0.05, 0) is 38.3 Å². The summed E-state index contributed by atoms with van der Waals surface area (Å²) in [6, 6.07) is 6.00. The highest BCUT2D eigenvalue weighted by molar-refractivity contribution is 5.79. The monoisotopic (exact) mass is 315 g/mol. The number of unbranched alkanes of at least 4 members (excludes halogenated alkanes) is 1. The Labute approximate surface area is 136 Å². The van der Waals surface area contributed by atoms with E-state index in [-0.39, 0.29) is 11.8 Å². The second kappa shape index (κ2) is 6.98. The normalized spacial score (nSPS) is 18.3. The molecule has 23 heavy (non-hydrogen) atoms. The van der Waals surface area contributed by atoms with Crippen LogP contribution in [0.2, 0.25) is 0 Å². The average Bonchev–Trinajstić information content (AvgIpc) is 3.01. The summed E-state index contributed by atoms with van der Waals surface area (Å²) < 4.78 is 2.07. The Kier molecular flexibility index (Phi) is 4.79. The minimum atomic E-state index is 0.0389. The van der Waals surface area contributed by atoms with Crippen molar-refractivity contribution in [1.82, 2.24) is 19.9 Å².